The Morgan fingerprint density at radius 2 is 1.47 bits per heavy atom. The van der Waals surface area contributed by atoms with Crippen LogP contribution in [0.15, 0.2) is 67.0 Å². The molecule has 1 amide bonds. The van der Waals surface area contributed by atoms with Crippen LogP contribution in [0.1, 0.15) is 10.4 Å². The van der Waals surface area contributed by atoms with Gasteiger partial charge in [-0.3, -0.25) is 4.79 Å². The molecule has 0 saturated carbocycles. The number of piperazine rings is 1. The first-order chi connectivity index (χ1) is 15.4. The van der Waals surface area contributed by atoms with E-state index < -0.39 is 18.0 Å². The third kappa shape index (κ3) is 5.45. The molecule has 3 aromatic rings. The number of nitrogens with zero attached hydrogens (tertiary/aromatic N) is 4. The van der Waals surface area contributed by atoms with Crippen molar-refractivity contribution in [1.29, 1.82) is 0 Å². The molecule has 4 rings (SSSR count). The summed E-state index contributed by atoms with van der Waals surface area (Å²) in [6.07, 6.45) is -1.77. The Hall–Kier alpha value is -3.82. The fourth-order valence-corrected chi connectivity index (χ4v) is 3.36. The maximum absolute atomic E-state index is 12.3. The van der Waals surface area contributed by atoms with Crippen molar-refractivity contribution in [3.05, 3.63) is 72.6 Å². The molecule has 0 unspecified atom stereocenters. The van der Waals surface area contributed by atoms with Gasteiger partial charge in [0.15, 0.2) is 0 Å². The largest absolute Gasteiger partial charge is 0.573 e. The summed E-state index contributed by atoms with van der Waals surface area (Å²) in [4.78, 5) is 25.4. The van der Waals surface area contributed by atoms with Crippen molar-refractivity contribution >= 4 is 23.2 Å². The van der Waals surface area contributed by atoms with E-state index in [1.807, 2.05) is 18.2 Å². The number of benzene rings is 2. The lowest BCUT2D eigenvalue weighted by atomic mass is 10.2. The normalized spacial score (nSPS) is 14.2. The molecule has 0 aliphatic carbocycles. The monoisotopic (exact) mass is 443 g/mol. The summed E-state index contributed by atoms with van der Waals surface area (Å²) in [6, 6.07) is 14.8. The summed E-state index contributed by atoms with van der Waals surface area (Å²) >= 11 is 0. The Kier molecular flexibility index (Phi) is 6.11. The van der Waals surface area contributed by atoms with E-state index >= 15 is 0 Å². The standard InChI is InChI=1S/C22H20F3N5O2/c23-22(24,25)32-19-8-6-16(7-9-19)20(31)28-17-14-26-21(27-15-17)30-12-10-29(11-13-30)18-4-2-1-3-5-18/h1-9,14-15H,10-13H2,(H,28,31). The molecule has 1 aromatic heterocycles. The van der Waals surface area contributed by atoms with Crippen molar-refractivity contribution in [2.45, 2.75) is 6.36 Å². The van der Waals surface area contributed by atoms with E-state index in [1.165, 1.54) is 30.2 Å². The van der Waals surface area contributed by atoms with Gasteiger partial charge in [-0.05, 0) is 36.4 Å². The van der Waals surface area contributed by atoms with Crippen molar-refractivity contribution in [2.75, 3.05) is 41.3 Å². The molecule has 1 fully saturated rings. The topological polar surface area (TPSA) is 70.6 Å². The van der Waals surface area contributed by atoms with Crippen molar-refractivity contribution < 1.29 is 22.7 Å². The molecule has 166 valence electrons. The molecule has 2 aromatic carbocycles. The summed E-state index contributed by atoms with van der Waals surface area (Å²) < 4.78 is 40.5. The van der Waals surface area contributed by atoms with Crippen LogP contribution in [-0.2, 0) is 0 Å². The van der Waals surface area contributed by atoms with Crippen molar-refractivity contribution in [3.63, 3.8) is 0 Å². The van der Waals surface area contributed by atoms with Crippen LogP contribution in [0.2, 0.25) is 0 Å². The number of hydrogen-bond acceptors (Lipinski definition) is 6. The van der Waals surface area contributed by atoms with E-state index in [2.05, 4.69) is 42.0 Å². The van der Waals surface area contributed by atoms with Gasteiger partial charge in [0.1, 0.15) is 5.75 Å². The van der Waals surface area contributed by atoms with E-state index in [0.717, 1.165) is 38.3 Å². The van der Waals surface area contributed by atoms with Gasteiger partial charge in [0.05, 0.1) is 18.1 Å². The van der Waals surface area contributed by atoms with E-state index in [0.29, 0.717) is 11.6 Å². The quantitative estimate of drug-likeness (QED) is 0.644. The SMILES string of the molecule is O=C(Nc1cnc(N2CCN(c3ccccc3)CC2)nc1)c1ccc(OC(F)(F)F)cc1. The Labute approximate surface area is 182 Å². The number of carbonyl (C=O) groups excluding carboxylic acids is 1. The molecular weight excluding hydrogens is 423 g/mol. The number of anilines is 3. The second kappa shape index (κ2) is 9.13. The van der Waals surface area contributed by atoms with Gasteiger partial charge in [0.2, 0.25) is 5.95 Å². The molecular formula is C22H20F3N5O2. The van der Waals surface area contributed by atoms with Crippen LogP contribution in [0.3, 0.4) is 0 Å². The first kappa shape index (κ1) is 21.4. The third-order valence-corrected chi connectivity index (χ3v) is 4.93. The van der Waals surface area contributed by atoms with Gasteiger partial charge in [0, 0.05) is 37.4 Å². The van der Waals surface area contributed by atoms with Crippen LogP contribution in [0.4, 0.5) is 30.5 Å². The molecule has 1 N–H and O–H groups in total. The Balaban J connectivity index is 1.31. The van der Waals surface area contributed by atoms with Crippen LogP contribution < -0.4 is 19.9 Å². The number of para-hydroxylation sites is 1. The highest BCUT2D eigenvalue weighted by Crippen LogP contribution is 2.23. The van der Waals surface area contributed by atoms with E-state index in [4.69, 9.17) is 0 Å². The van der Waals surface area contributed by atoms with Crippen LogP contribution in [0.5, 0.6) is 5.75 Å². The molecule has 1 aliphatic rings. The predicted octanol–water partition coefficient (Wildman–Crippen LogP) is 3.95. The number of halogens is 3. The highest BCUT2D eigenvalue weighted by molar-refractivity contribution is 6.04. The molecule has 7 nitrogen and oxygen atoms in total. The lowest BCUT2D eigenvalue weighted by Crippen LogP contribution is -2.47. The van der Waals surface area contributed by atoms with Crippen molar-refractivity contribution in [2.24, 2.45) is 0 Å². The van der Waals surface area contributed by atoms with Gasteiger partial charge >= 0.3 is 6.36 Å². The summed E-state index contributed by atoms with van der Waals surface area (Å²) in [7, 11) is 0. The number of nitrogens with one attached hydrogen (secondary N) is 1. The molecule has 0 bridgehead atoms. The number of carbonyl (C=O) groups is 1. The molecule has 32 heavy (non-hydrogen) atoms. The minimum absolute atomic E-state index is 0.181. The average Bonchev–Trinajstić information content (AvgIpc) is 2.80. The van der Waals surface area contributed by atoms with Crippen LogP contribution in [0, 0.1) is 0 Å². The van der Waals surface area contributed by atoms with E-state index in [1.54, 1.807) is 0 Å². The summed E-state index contributed by atoms with van der Waals surface area (Å²) in [5.74, 6) is -0.310. The van der Waals surface area contributed by atoms with Gasteiger partial charge in [-0.1, -0.05) is 18.2 Å². The fourth-order valence-electron chi connectivity index (χ4n) is 3.36. The van der Waals surface area contributed by atoms with Gasteiger partial charge in [-0.2, -0.15) is 0 Å². The number of aromatic nitrogens is 2. The number of hydrogen-bond donors (Lipinski definition) is 1. The van der Waals surface area contributed by atoms with Crippen molar-refractivity contribution in [1.82, 2.24) is 9.97 Å². The molecule has 0 atom stereocenters. The molecule has 1 aliphatic heterocycles. The fraction of sp³-hybridized carbons (Fsp3) is 0.227. The lowest BCUT2D eigenvalue weighted by Gasteiger charge is -2.36. The zero-order valence-electron chi connectivity index (χ0n) is 16.9. The van der Waals surface area contributed by atoms with Crippen molar-refractivity contribution in [3.8, 4) is 5.75 Å². The number of amides is 1. The number of rotatable bonds is 5. The zero-order valence-corrected chi connectivity index (χ0v) is 16.9. The summed E-state index contributed by atoms with van der Waals surface area (Å²) in [5.41, 5.74) is 1.75. The highest BCUT2D eigenvalue weighted by atomic mass is 19.4. The Morgan fingerprint density at radius 1 is 0.875 bits per heavy atom. The van der Waals surface area contributed by atoms with Gasteiger partial charge in [-0.15, -0.1) is 13.2 Å². The smallest absolute Gasteiger partial charge is 0.406 e. The van der Waals surface area contributed by atoms with Gasteiger partial charge in [-0.25, -0.2) is 9.97 Å². The molecule has 1 saturated heterocycles. The van der Waals surface area contributed by atoms with Gasteiger partial charge in [0.25, 0.3) is 5.91 Å². The highest BCUT2D eigenvalue weighted by Gasteiger charge is 2.31. The summed E-state index contributed by atoms with van der Waals surface area (Å²) in [5, 5.41) is 2.63. The second-order valence-electron chi connectivity index (χ2n) is 7.11. The second-order valence-corrected chi connectivity index (χ2v) is 7.11. The molecule has 0 radical (unpaired) electrons. The average molecular weight is 443 g/mol. The maximum atomic E-state index is 12.3. The van der Waals surface area contributed by atoms with Crippen LogP contribution in [-0.4, -0.2) is 48.4 Å². The minimum atomic E-state index is -4.78. The first-order valence-electron chi connectivity index (χ1n) is 9.91. The zero-order chi connectivity index (χ0) is 22.6. The number of alkyl halides is 3. The molecule has 0 spiro atoms. The molecule has 2 heterocycles. The number of ether oxygens (including phenoxy) is 1. The predicted molar refractivity (Wildman–Crippen MR) is 114 cm³/mol. The van der Waals surface area contributed by atoms with Crippen LogP contribution >= 0.6 is 0 Å². The van der Waals surface area contributed by atoms with Gasteiger partial charge < -0.3 is 19.9 Å². The Bertz CT molecular complexity index is 1040. The summed E-state index contributed by atoms with van der Waals surface area (Å²) in [6.45, 7) is 3.24. The first-order valence-corrected chi connectivity index (χ1v) is 9.91. The molecule has 10 heteroatoms. The van der Waals surface area contributed by atoms with Crippen LogP contribution in [0.25, 0.3) is 0 Å². The maximum Gasteiger partial charge on any atom is 0.573 e. The lowest BCUT2D eigenvalue weighted by molar-refractivity contribution is -0.274. The van der Waals surface area contributed by atoms with E-state index in [-0.39, 0.29) is 5.56 Å². The van der Waals surface area contributed by atoms with E-state index in [9.17, 15) is 18.0 Å². The minimum Gasteiger partial charge on any atom is -0.406 e. The third-order valence-electron chi connectivity index (χ3n) is 4.93. The Morgan fingerprint density at radius 3 is 2.06 bits per heavy atom.